The molecular weight excluding hydrogens is 413 g/mol. The van der Waals surface area contributed by atoms with Crippen LogP contribution in [0.3, 0.4) is 0 Å². The van der Waals surface area contributed by atoms with Gasteiger partial charge in [-0.15, -0.1) is 0 Å². The summed E-state index contributed by atoms with van der Waals surface area (Å²) in [6.07, 6.45) is 1.41. The number of aromatic nitrogens is 3. The Morgan fingerprint density at radius 3 is 2.57 bits per heavy atom. The number of hydrogen-bond donors (Lipinski definition) is 1. The van der Waals surface area contributed by atoms with Gasteiger partial charge in [-0.1, -0.05) is 23.4 Å². The lowest BCUT2D eigenvalue weighted by molar-refractivity contribution is 0.0551. The van der Waals surface area contributed by atoms with E-state index in [1.54, 1.807) is 31.2 Å². The molecule has 0 aliphatic carbocycles. The molecule has 1 atom stereocenters. The van der Waals surface area contributed by atoms with Crippen LogP contribution >= 0.6 is 19.1 Å². The highest BCUT2D eigenvalue weighted by atomic mass is 35.5. The molecule has 0 spiro atoms. The minimum absolute atomic E-state index is 0.0350. The predicted octanol–water partition coefficient (Wildman–Crippen LogP) is 5.26. The van der Waals surface area contributed by atoms with Gasteiger partial charge in [-0.05, 0) is 42.8 Å². The molecule has 28 heavy (non-hydrogen) atoms. The van der Waals surface area contributed by atoms with Crippen molar-refractivity contribution >= 4 is 24.8 Å². The number of hydrogen-bond acceptors (Lipinski definition) is 6. The third-order valence-corrected chi connectivity index (χ3v) is 5.71. The fourth-order valence-corrected chi connectivity index (χ4v) is 4.24. The topological polar surface area (TPSA) is 90.1 Å². The van der Waals surface area contributed by atoms with Gasteiger partial charge in [-0.3, -0.25) is 9.55 Å². The Labute approximate surface area is 164 Å². The highest BCUT2D eigenvalue weighted by Crippen LogP contribution is 2.49. The molecule has 0 amide bonds. The highest BCUT2D eigenvalue weighted by Gasteiger charge is 2.35. The third-order valence-electron chi connectivity index (χ3n) is 3.53. The Morgan fingerprint density at radius 2 is 2.00 bits per heavy atom. The van der Waals surface area contributed by atoms with Gasteiger partial charge in [0, 0.05) is 17.4 Å². The molecule has 0 radical (unpaired) electrons. The first-order valence-electron chi connectivity index (χ1n) is 8.22. The Kier molecular flexibility index (Phi) is 6.07. The Morgan fingerprint density at radius 1 is 1.25 bits per heavy atom. The minimum atomic E-state index is -3.74. The van der Waals surface area contributed by atoms with Crippen molar-refractivity contribution in [2.24, 2.45) is 0 Å². The van der Waals surface area contributed by atoms with Crippen LogP contribution in [0.25, 0.3) is 11.4 Å². The van der Waals surface area contributed by atoms with Crippen LogP contribution in [0.1, 0.15) is 18.5 Å². The van der Waals surface area contributed by atoms with Crippen LogP contribution in [0.4, 0.5) is 14.5 Å². The molecule has 0 aliphatic heterocycles. The van der Waals surface area contributed by atoms with Gasteiger partial charge in [0.25, 0.3) is 7.52 Å². The molecule has 148 valence electrons. The number of benzene rings is 1. The number of alkyl halides is 3. The lowest BCUT2D eigenvalue weighted by Gasteiger charge is -2.19. The van der Waals surface area contributed by atoms with Gasteiger partial charge >= 0.3 is 11.3 Å². The fourth-order valence-electron chi connectivity index (χ4n) is 2.35. The SMILES string of the molecule is CCOP(=O)(Cc1ccc(-c2noc(C(F)(F)Cl)n2)cn1)Nc1ccccc1. The van der Waals surface area contributed by atoms with Gasteiger partial charge in [-0.2, -0.15) is 13.8 Å². The summed E-state index contributed by atoms with van der Waals surface area (Å²) in [6.45, 7) is 2.00. The summed E-state index contributed by atoms with van der Waals surface area (Å²) >= 11 is 4.86. The third kappa shape index (κ3) is 5.13. The van der Waals surface area contributed by atoms with Crippen molar-refractivity contribution in [3.05, 3.63) is 60.2 Å². The number of para-hydroxylation sites is 1. The van der Waals surface area contributed by atoms with E-state index in [1.165, 1.54) is 6.20 Å². The van der Waals surface area contributed by atoms with Crippen LogP contribution in [-0.2, 0) is 20.6 Å². The van der Waals surface area contributed by atoms with E-state index >= 15 is 0 Å². The second-order valence-electron chi connectivity index (χ2n) is 5.69. The van der Waals surface area contributed by atoms with E-state index in [0.717, 1.165) is 0 Å². The molecule has 1 unspecified atom stereocenters. The van der Waals surface area contributed by atoms with E-state index in [4.69, 9.17) is 16.1 Å². The predicted molar refractivity (Wildman–Crippen MR) is 100 cm³/mol. The lowest BCUT2D eigenvalue weighted by atomic mass is 10.2. The summed E-state index contributed by atoms with van der Waals surface area (Å²) in [4.78, 5) is 7.75. The maximum atomic E-state index is 13.1. The molecule has 0 saturated carbocycles. The molecule has 3 rings (SSSR count). The number of halogens is 3. The van der Waals surface area contributed by atoms with Crippen LogP contribution in [0.5, 0.6) is 0 Å². The fraction of sp³-hybridized carbons (Fsp3) is 0.235. The van der Waals surface area contributed by atoms with Crippen LogP contribution in [0.15, 0.2) is 53.2 Å². The molecule has 11 heteroatoms. The second-order valence-corrected chi connectivity index (χ2v) is 8.31. The average Bonchev–Trinajstić information content (AvgIpc) is 3.14. The standard InChI is InChI=1S/C17H16ClF2N4O3P/c1-2-26-28(25,24-13-6-4-3-5-7-13)11-14-9-8-12(10-21-14)15-22-16(27-23-15)17(18,19)20/h3-10H,2,11H2,1H3,(H,24,25). The van der Waals surface area contributed by atoms with Crippen molar-refractivity contribution in [1.29, 1.82) is 0 Å². The zero-order valence-corrected chi connectivity index (χ0v) is 16.3. The van der Waals surface area contributed by atoms with Gasteiger partial charge in [0.05, 0.1) is 18.5 Å². The van der Waals surface area contributed by atoms with Gasteiger partial charge in [0.15, 0.2) is 0 Å². The van der Waals surface area contributed by atoms with Gasteiger partial charge in [0.2, 0.25) is 5.82 Å². The summed E-state index contributed by atoms with van der Waals surface area (Å²) in [6, 6.07) is 12.2. The zero-order valence-electron chi connectivity index (χ0n) is 14.7. The minimum Gasteiger partial charge on any atom is -0.331 e. The largest absolute Gasteiger partial charge is 0.400 e. The highest BCUT2D eigenvalue weighted by molar-refractivity contribution is 7.59. The number of rotatable bonds is 8. The summed E-state index contributed by atoms with van der Waals surface area (Å²) < 4.78 is 49.0. The first-order valence-corrected chi connectivity index (χ1v) is 10.4. The van der Waals surface area contributed by atoms with Crippen molar-refractivity contribution in [3.63, 3.8) is 0 Å². The van der Waals surface area contributed by atoms with Crippen molar-refractivity contribution in [2.45, 2.75) is 18.5 Å². The Bertz CT molecular complexity index is 965. The monoisotopic (exact) mass is 428 g/mol. The van der Waals surface area contributed by atoms with E-state index in [1.807, 2.05) is 18.2 Å². The van der Waals surface area contributed by atoms with Crippen LogP contribution < -0.4 is 5.09 Å². The summed E-state index contributed by atoms with van der Waals surface area (Å²) in [5, 5.41) is 2.64. The van der Waals surface area contributed by atoms with Crippen molar-refractivity contribution in [3.8, 4) is 11.4 Å². The van der Waals surface area contributed by atoms with E-state index in [-0.39, 0.29) is 18.6 Å². The zero-order chi connectivity index (χ0) is 20.2. The molecule has 0 saturated heterocycles. The maximum absolute atomic E-state index is 13.1. The number of nitrogens with one attached hydrogen (secondary N) is 1. The first-order chi connectivity index (χ1) is 13.3. The molecule has 7 nitrogen and oxygen atoms in total. The quantitative estimate of drug-likeness (QED) is 0.386. The van der Waals surface area contributed by atoms with E-state index in [2.05, 4.69) is 24.7 Å². The van der Waals surface area contributed by atoms with E-state index in [0.29, 0.717) is 16.9 Å². The number of nitrogens with zero attached hydrogens (tertiary/aromatic N) is 3. The average molecular weight is 429 g/mol. The second kappa shape index (κ2) is 8.34. The molecule has 0 bridgehead atoms. The van der Waals surface area contributed by atoms with Gasteiger partial charge < -0.3 is 14.1 Å². The van der Waals surface area contributed by atoms with Crippen molar-refractivity contribution < 1.29 is 22.4 Å². The normalized spacial score (nSPS) is 13.9. The van der Waals surface area contributed by atoms with Gasteiger partial charge in [0.1, 0.15) is 0 Å². The summed E-state index contributed by atoms with van der Waals surface area (Å²) in [5.74, 6) is -1.08. The molecule has 2 heterocycles. The molecular formula is C17H16ClF2N4O3P. The molecule has 0 aliphatic rings. The van der Waals surface area contributed by atoms with Gasteiger partial charge in [-0.25, -0.2) is 0 Å². The summed E-state index contributed by atoms with van der Waals surface area (Å²) in [5.41, 5.74) is 1.49. The van der Waals surface area contributed by atoms with E-state index < -0.39 is 18.8 Å². The Balaban J connectivity index is 1.76. The number of anilines is 1. The molecule has 1 aromatic carbocycles. The van der Waals surface area contributed by atoms with Crippen molar-refractivity contribution in [1.82, 2.24) is 15.1 Å². The van der Waals surface area contributed by atoms with Crippen molar-refractivity contribution in [2.75, 3.05) is 11.7 Å². The molecule has 0 fully saturated rings. The summed E-state index contributed by atoms with van der Waals surface area (Å²) in [7, 11) is -3.25. The van der Waals surface area contributed by atoms with E-state index in [9.17, 15) is 13.3 Å². The molecule has 2 aromatic heterocycles. The first kappa shape index (κ1) is 20.4. The lowest BCUT2D eigenvalue weighted by Crippen LogP contribution is -2.05. The number of pyridine rings is 1. The van der Waals surface area contributed by atoms with Crippen LogP contribution in [0.2, 0.25) is 0 Å². The van der Waals surface area contributed by atoms with Crippen LogP contribution in [-0.4, -0.2) is 21.7 Å². The maximum Gasteiger partial charge on any atom is 0.400 e. The smallest absolute Gasteiger partial charge is 0.331 e. The molecule has 3 aromatic rings. The van der Waals surface area contributed by atoms with Crippen LogP contribution in [0, 0.1) is 0 Å². The molecule has 1 N–H and O–H groups in total. The Hall–Kier alpha value is -2.35.